The molecule has 52 valence electrons. The van der Waals surface area contributed by atoms with Crippen LogP contribution in [0.4, 0.5) is 0 Å². The van der Waals surface area contributed by atoms with Gasteiger partial charge in [0.2, 0.25) is 0 Å². The minimum Gasteiger partial charge on any atom is -0.339 e. The fourth-order valence-electron chi connectivity index (χ4n) is 0.802. The van der Waals surface area contributed by atoms with Crippen molar-refractivity contribution in [1.29, 1.82) is 5.26 Å². The maximum Gasteiger partial charge on any atom is 0.120 e. The minimum atomic E-state index is 0.722. The molecule has 0 bridgehead atoms. The number of hydrogen-bond acceptors (Lipinski definition) is 1. The lowest BCUT2D eigenvalue weighted by molar-refractivity contribution is 0.771. The molecule has 10 heavy (non-hydrogen) atoms. The number of nitrogens with zero attached hydrogens (tertiary/aromatic N) is 2. The summed E-state index contributed by atoms with van der Waals surface area (Å²) in [5, 5.41) is 9.43. The highest BCUT2D eigenvalue weighted by atomic mass is 79.9. The van der Waals surface area contributed by atoms with Gasteiger partial charge < -0.3 is 4.57 Å². The van der Waals surface area contributed by atoms with E-state index in [0.717, 1.165) is 17.6 Å². The van der Waals surface area contributed by atoms with Crippen molar-refractivity contribution in [3.8, 4) is 6.07 Å². The van der Waals surface area contributed by atoms with E-state index < -0.39 is 0 Å². The molecule has 0 atom stereocenters. The van der Waals surface area contributed by atoms with E-state index in [2.05, 4.69) is 22.0 Å². The Kier molecular flexibility index (Phi) is 2.52. The van der Waals surface area contributed by atoms with E-state index in [9.17, 15) is 0 Å². The predicted molar refractivity (Wildman–Crippen MR) is 42.9 cm³/mol. The fourth-order valence-corrected chi connectivity index (χ4v) is 1.18. The summed E-state index contributed by atoms with van der Waals surface area (Å²) in [5.74, 6) is 0. The second kappa shape index (κ2) is 3.43. The van der Waals surface area contributed by atoms with Gasteiger partial charge in [0, 0.05) is 18.1 Å². The Labute approximate surface area is 68.2 Å². The Bertz CT molecular complexity index is 246. The van der Waals surface area contributed by atoms with Gasteiger partial charge in [-0.25, -0.2) is 0 Å². The molecule has 0 radical (unpaired) electrons. The van der Waals surface area contributed by atoms with Gasteiger partial charge in [-0.1, -0.05) is 15.9 Å². The van der Waals surface area contributed by atoms with Crippen LogP contribution in [0.5, 0.6) is 0 Å². The van der Waals surface area contributed by atoms with Crippen LogP contribution in [-0.4, -0.2) is 9.90 Å². The zero-order valence-corrected chi connectivity index (χ0v) is 7.00. The fraction of sp³-hybridized carbons (Fsp3) is 0.286. The van der Waals surface area contributed by atoms with Crippen molar-refractivity contribution in [3.05, 3.63) is 24.0 Å². The number of alkyl halides is 1. The summed E-state index contributed by atoms with van der Waals surface area (Å²) >= 11 is 3.30. The van der Waals surface area contributed by atoms with Gasteiger partial charge in [-0.3, -0.25) is 0 Å². The highest BCUT2D eigenvalue weighted by Crippen LogP contribution is 2.00. The van der Waals surface area contributed by atoms with Crippen LogP contribution in [0.25, 0.3) is 0 Å². The zero-order chi connectivity index (χ0) is 7.40. The van der Waals surface area contributed by atoms with Gasteiger partial charge >= 0.3 is 0 Å². The SMILES string of the molecule is N#Cc1cccn1CCBr. The number of nitriles is 1. The molecule has 0 aliphatic carbocycles. The Morgan fingerprint density at radius 3 is 3.10 bits per heavy atom. The van der Waals surface area contributed by atoms with E-state index in [0.29, 0.717) is 0 Å². The summed E-state index contributed by atoms with van der Waals surface area (Å²) in [6, 6.07) is 5.79. The van der Waals surface area contributed by atoms with Crippen molar-refractivity contribution in [2.45, 2.75) is 6.54 Å². The first-order chi connectivity index (χ1) is 4.88. The number of hydrogen-bond donors (Lipinski definition) is 0. The van der Waals surface area contributed by atoms with E-state index in [1.54, 1.807) is 0 Å². The van der Waals surface area contributed by atoms with Gasteiger partial charge in [-0.2, -0.15) is 5.26 Å². The maximum absolute atomic E-state index is 8.55. The number of aromatic nitrogens is 1. The molecule has 1 aromatic heterocycles. The van der Waals surface area contributed by atoms with E-state index in [1.807, 2.05) is 22.9 Å². The Morgan fingerprint density at radius 1 is 1.70 bits per heavy atom. The average Bonchev–Trinajstić information content (AvgIpc) is 2.36. The van der Waals surface area contributed by atoms with Crippen molar-refractivity contribution >= 4 is 15.9 Å². The minimum absolute atomic E-state index is 0.722. The molecule has 1 rings (SSSR count). The van der Waals surface area contributed by atoms with Crippen LogP contribution in [0.2, 0.25) is 0 Å². The number of rotatable bonds is 2. The second-order valence-electron chi connectivity index (χ2n) is 1.89. The van der Waals surface area contributed by atoms with E-state index in [4.69, 9.17) is 5.26 Å². The lowest BCUT2D eigenvalue weighted by atomic mass is 10.5. The summed E-state index contributed by atoms with van der Waals surface area (Å²) in [5.41, 5.74) is 0.722. The highest BCUT2D eigenvalue weighted by Gasteiger charge is 1.95. The third-order valence-corrected chi connectivity index (χ3v) is 1.62. The molecule has 1 aromatic rings. The molecule has 3 heteroatoms. The number of halogens is 1. The van der Waals surface area contributed by atoms with Crippen LogP contribution in [0.15, 0.2) is 18.3 Å². The summed E-state index contributed by atoms with van der Waals surface area (Å²) in [7, 11) is 0. The van der Waals surface area contributed by atoms with E-state index in [-0.39, 0.29) is 0 Å². The van der Waals surface area contributed by atoms with Gasteiger partial charge in [0.15, 0.2) is 0 Å². The number of aryl methyl sites for hydroxylation is 1. The van der Waals surface area contributed by atoms with E-state index >= 15 is 0 Å². The Hall–Kier alpha value is -0.750. The quantitative estimate of drug-likeness (QED) is 0.667. The largest absolute Gasteiger partial charge is 0.339 e. The third-order valence-electron chi connectivity index (χ3n) is 1.27. The lowest BCUT2D eigenvalue weighted by Gasteiger charge is -1.98. The van der Waals surface area contributed by atoms with Crippen LogP contribution >= 0.6 is 15.9 Å². The molecule has 0 aliphatic rings. The molecule has 0 fully saturated rings. The standard InChI is InChI=1S/C7H7BrN2/c8-3-5-10-4-1-2-7(10)6-9/h1-2,4H,3,5H2. The molecule has 0 spiro atoms. The smallest absolute Gasteiger partial charge is 0.120 e. The average molecular weight is 199 g/mol. The molecule has 2 nitrogen and oxygen atoms in total. The van der Waals surface area contributed by atoms with Crippen molar-refractivity contribution < 1.29 is 0 Å². The summed E-state index contributed by atoms with van der Waals surface area (Å²) in [6.07, 6.45) is 1.90. The second-order valence-corrected chi connectivity index (χ2v) is 2.68. The van der Waals surface area contributed by atoms with E-state index in [1.165, 1.54) is 0 Å². The first-order valence-electron chi connectivity index (χ1n) is 2.99. The van der Waals surface area contributed by atoms with Crippen molar-refractivity contribution in [2.75, 3.05) is 5.33 Å². The third kappa shape index (κ3) is 1.39. The lowest BCUT2D eigenvalue weighted by Crippen LogP contribution is -1.98. The first kappa shape index (κ1) is 7.36. The molecule has 0 aromatic carbocycles. The molecule has 0 amide bonds. The van der Waals surface area contributed by atoms with Gasteiger partial charge in [0.25, 0.3) is 0 Å². The molecule has 0 saturated carbocycles. The molecule has 0 aliphatic heterocycles. The van der Waals surface area contributed by atoms with Crippen LogP contribution in [0, 0.1) is 11.3 Å². The van der Waals surface area contributed by atoms with Gasteiger partial charge in [-0.05, 0) is 12.1 Å². The zero-order valence-electron chi connectivity index (χ0n) is 5.42. The van der Waals surface area contributed by atoms with Gasteiger partial charge in [-0.15, -0.1) is 0 Å². The van der Waals surface area contributed by atoms with Crippen LogP contribution < -0.4 is 0 Å². The summed E-state index contributed by atoms with van der Waals surface area (Å²) in [6.45, 7) is 0.857. The normalized spacial score (nSPS) is 9.20. The predicted octanol–water partition coefficient (Wildman–Crippen LogP) is 1.75. The van der Waals surface area contributed by atoms with Crippen LogP contribution in [0.1, 0.15) is 5.69 Å². The molecular weight excluding hydrogens is 192 g/mol. The maximum atomic E-state index is 8.55. The molecule has 0 unspecified atom stereocenters. The first-order valence-corrected chi connectivity index (χ1v) is 4.12. The summed E-state index contributed by atoms with van der Waals surface area (Å²) in [4.78, 5) is 0. The monoisotopic (exact) mass is 198 g/mol. The van der Waals surface area contributed by atoms with Gasteiger partial charge in [0.1, 0.15) is 11.8 Å². The topological polar surface area (TPSA) is 28.7 Å². The van der Waals surface area contributed by atoms with Crippen molar-refractivity contribution in [3.63, 3.8) is 0 Å². The van der Waals surface area contributed by atoms with Crippen molar-refractivity contribution in [1.82, 2.24) is 4.57 Å². The van der Waals surface area contributed by atoms with Gasteiger partial charge in [0.05, 0.1) is 0 Å². The highest BCUT2D eigenvalue weighted by molar-refractivity contribution is 9.09. The molecule has 0 saturated heterocycles. The Morgan fingerprint density at radius 2 is 2.50 bits per heavy atom. The van der Waals surface area contributed by atoms with Crippen LogP contribution in [-0.2, 0) is 6.54 Å². The molecular formula is C7H7BrN2. The van der Waals surface area contributed by atoms with Crippen LogP contribution in [0.3, 0.4) is 0 Å². The summed E-state index contributed by atoms with van der Waals surface area (Å²) < 4.78 is 1.91. The molecule has 1 heterocycles. The van der Waals surface area contributed by atoms with Crippen molar-refractivity contribution in [2.24, 2.45) is 0 Å². The molecule has 0 N–H and O–H groups in total. The Balaban J connectivity index is 2.82.